The van der Waals surface area contributed by atoms with Crippen LogP contribution in [0.1, 0.15) is 146 Å². The Morgan fingerprint density at radius 2 is 0.598 bits per heavy atom. The molecule has 0 spiro atoms. The predicted octanol–water partition coefficient (Wildman–Crippen LogP) is -4.95. The number of unbranched alkanes of at least 4 members (excludes halogenated alkanes) is 1. The number of carbonyl (C=O) groups excluding carboxylic acids is 12. The average molecular weight is 1240 g/mol. The summed E-state index contributed by atoms with van der Waals surface area (Å²) in [6, 6.07) is -17.3. The van der Waals surface area contributed by atoms with Gasteiger partial charge in [-0.3, -0.25) is 67.1 Å². The maximum Gasteiger partial charge on any atom is 0.326 e. The molecule has 0 rings (SSSR count). The number of aliphatic carboxylic acids is 3. The number of nitrogens with one attached hydrogen (secondary N) is 10. The lowest BCUT2D eigenvalue weighted by Gasteiger charge is -2.29. The molecule has 0 aliphatic carbocycles. The third-order valence-electron chi connectivity index (χ3n) is 12.8. The quantitative estimate of drug-likeness (QED) is 0.0254. The van der Waals surface area contributed by atoms with Gasteiger partial charge in [0.2, 0.25) is 70.9 Å². The van der Waals surface area contributed by atoms with Gasteiger partial charge in [-0.25, -0.2) is 4.79 Å². The van der Waals surface area contributed by atoms with Crippen LogP contribution in [-0.4, -0.2) is 189 Å². The zero-order valence-corrected chi connectivity index (χ0v) is 51.0. The first-order chi connectivity index (χ1) is 40.4. The van der Waals surface area contributed by atoms with Gasteiger partial charge >= 0.3 is 17.9 Å². The van der Waals surface area contributed by atoms with Gasteiger partial charge in [-0.05, 0) is 94.9 Å². The number of nitrogens with two attached hydrogens (primary N) is 4. The Morgan fingerprint density at radius 1 is 0.345 bits per heavy atom. The van der Waals surface area contributed by atoms with Gasteiger partial charge in [-0.15, -0.1) is 0 Å². The molecular weight excluding hydrogens is 1150 g/mol. The number of amides is 12. The summed E-state index contributed by atoms with van der Waals surface area (Å²) in [5.41, 5.74) is 22.0. The van der Waals surface area contributed by atoms with Crippen molar-refractivity contribution in [1.29, 1.82) is 0 Å². The molecule has 0 aromatic heterocycles. The lowest BCUT2D eigenvalue weighted by molar-refractivity contribution is -0.144. The lowest BCUT2D eigenvalue weighted by Crippen LogP contribution is -2.61. The summed E-state index contributed by atoms with van der Waals surface area (Å²) in [6.45, 7) is 14.1. The van der Waals surface area contributed by atoms with E-state index in [1.807, 2.05) is 19.2 Å². The Labute approximate surface area is 505 Å². The van der Waals surface area contributed by atoms with Crippen LogP contribution in [0, 0.1) is 23.7 Å². The molecule has 0 unspecified atom stereocenters. The van der Waals surface area contributed by atoms with Crippen molar-refractivity contribution in [3.05, 3.63) is 0 Å². The average Bonchev–Trinajstić information content (AvgIpc) is 2.57. The van der Waals surface area contributed by atoms with Crippen LogP contribution in [0.2, 0.25) is 0 Å². The molecule has 87 heavy (non-hydrogen) atoms. The fourth-order valence-electron chi connectivity index (χ4n) is 8.39. The van der Waals surface area contributed by atoms with Crippen LogP contribution in [0.15, 0.2) is 0 Å². The summed E-state index contributed by atoms with van der Waals surface area (Å²) in [5, 5.41) is 62.8. The highest BCUT2D eigenvalue weighted by Crippen LogP contribution is 2.14. The lowest BCUT2D eigenvalue weighted by atomic mass is 9.99. The van der Waals surface area contributed by atoms with E-state index in [1.54, 1.807) is 41.5 Å². The molecule has 0 aliphatic rings. The molecule has 11 atom stereocenters. The number of hydrogen-bond donors (Lipinski definition) is 18. The van der Waals surface area contributed by atoms with Crippen molar-refractivity contribution in [1.82, 2.24) is 53.2 Å². The minimum atomic E-state index is -2.05. The van der Waals surface area contributed by atoms with Gasteiger partial charge in [-0.1, -0.05) is 55.4 Å². The molecule has 0 saturated heterocycles. The molecule has 33 nitrogen and oxygen atoms in total. The minimum Gasteiger partial charge on any atom is -0.481 e. The molecule has 0 aliphatic heterocycles. The summed E-state index contributed by atoms with van der Waals surface area (Å²) in [6.07, 6.45) is -3.73. The Hall–Kier alpha value is -8.07. The van der Waals surface area contributed by atoms with Crippen LogP contribution in [-0.2, 0) is 71.9 Å². The van der Waals surface area contributed by atoms with Crippen LogP contribution < -0.4 is 76.1 Å². The second kappa shape index (κ2) is 40.3. The van der Waals surface area contributed by atoms with Crippen molar-refractivity contribution in [2.24, 2.45) is 46.6 Å². The third-order valence-corrected chi connectivity index (χ3v) is 12.8. The standard InChI is InChI=1S/C54H94N14O19/c1-25(2)18-33(62-44(76)29(9)56)48(80)64-34(19-26(3)4)47(79)59-30(12-10-11-17-55)45(77)60-31(13-15-40(57)70)46(78)63-35(20-27(5)6)49(81)67-38(23-43(74)75)52(84)68-39(24-69)53(85)65-36(21-28(7)8)50(82)66-37(22-42(72)73)51(83)61-32(54(86)87)14-16-41(58)71/h25-39,69H,10-24,55-56H2,1-9H3,(H2,57,70)(H2,58,71)(H,59,79)(H,60,77)(H,61,83)(H,62,76)(H,63,78)(H,64,80)(H,65,85)(H,66,82)(H,67,81)(H,68,84)(H,72,73)(H,74,75)(H,86,87)/t29-,30-,31-,32-,33-,34-,35-,36-,37-,38-,39-/m0/s1. The van der Waals surface area contributed by atoms with E-state index in [2.05, 4.69) is 47.9 Å². The van der Waals surface area contributed by atoms with Gasteiger partial charge in [0.05, 0.1) is 25.5 Å². The number of hydrogen-bond acceptors (Lipinski definition) is 18. The topological polar surface area (TPSA) is 561 Å². The summed E-state index contributed by atoms with van der Waals surface area (Å²) in [5.74, 6) is -18.3. The molecule has 12 amide bonds. The smallest absolute Gasteiger partial charge is 0.326 e. The van der Waals surface area contributed by atoms with Crippen LogP contribution in [0.4, 0.5) is 0 Å². The molecule has 494 valence electrons. The van der Waals surface area contributed by atoms with Crippen molar-refractivity contribution in [3.63, 3.8) is 0 Å². The zero-order valence-electron chi connectivity index (χ0n) is 51.0. The normalized spacial score (nSPS) is 15.0. The van der Waals surface area contributed by atoms with E-state index in [4.69, 9.17) is 22.9 Å². The predicted molar refractivity (Wildman–Crippen MR) is 310 cm³/mol. The Balaban J connectivity index is 6.86. The Bertz CT molecular complexity index is 2390. The highest BCUT2D eigenvalue weighted by molar-refractivity contribution is 6.00. The number of carboxylic acids is 3. The van der Waals surface area contributed by atoms with Crippen molar-refractivity contribution >= 4 is 88.8 Å². The second-order valence-corrected chi connectivity index (χ2v) is 22.9. The SMILES string of the molecule is CC(C)C[C@H](NC(=O)[C@H](C)N)C(=O)N[C@@H](CC(C)C)C(=O)N[C@@H](CCCCN)C(=O)N[C@@H](CCC(N)=O)C(=O)N[C@@H](CC(C)C)C(=O)N[C@@H](CC(=O)O)C(=O)N[C@@H](CO)C(=O)N[C@@H](CC(C)C)C(=O)N[C@@H](CC(=O)O)C(=O)N[C@@H](CCC(N)=O)C(=O)O. The van der Waals surface area contributed by atoms with Crippen LogP contribution in [0.3, 0.4) is 0 Å². The largest absolute Gasteiger partial charge is 0.481 e. The zero-order chi connectivity index (χ0) is 67.0. The fraction of sp³-hybridized carbons (Fsp3) is 0.722. The van der Waals surface area contributed by atoms with E-state index in [9.17, 15) is 92.3 Å². The van der Waals surface area contributed by atoms with E-state index in [1.165, 1.54) is 6.92 Å². The van der Waals surface area contributed by atoms with Gasteiger partial charge < -0.3 is 96.5 Å². The molecule has 22 N–H and O–H groups in total. The number of primary amides is 2. The molecular formula is C54H94N14O19. The van der Waals surface area contributed by atoms with E-state index < -0.39 is 212 Å². The number of aliphatic hydroxyl groups excluding tert-OH is 1. The third kappa shape index (κ3) is 32.9. The van der Waals surface area contributed by atoms with Crippen molar-refractivity contribution in [3.8, 4) is 0 Å². The van der Waals surface area contributed by atoms with Gasteiger partial charge in [0, 0.05) is 12.8 Å². The Kier molecular flexibility index (Phi) is 36.6. The molecule has 33 heteroatoms. The van der Waals surface area contributed by atoms with Gasteiger partial charge in [0.1, 0.15) is 60.4 Å². The monoisotopic (exact) mass is 1240 g/mol. The van der Waals surface area contributed by atoms with Crippen molar-refractivity contribution in [2.75, 3.05) is 13.2 Å². The number of aliphatic hydroxyl groups is 1. The molecule has 0 heterocycles. The first kappa shape index (κ1) is 78.9. The van der Waals surface area contributed by atoms with Crippen LogP contribution in [0.25, 0.3) is 0 Å². The highest BCUT2D eigenvalue weighted by atomic mass is 16.4. The van der Waals surface area contributed by atoms with Crippen LogP contribution in [0.5, 0.6) is 0 Å². The van der Waals surface area contributed by atoms with Crippen LogP contribution >= 0.6 is 0 Å². The molecule has 0 bridgehead atoms. The van der Waals surface area contributed by atoms with E-state index in [0.29, 0.717) is 6.42 Å². The van der Waals surface area contributed by atoms with E-state index in [0.717, 1.165) is 0 Å². The maximum atomic E-state index is 14.2. The van der Waals surface area contributed by atoms with Gasteiger partial charge in [-0.2, -0.15) is 0 Å². The number of rotatable bonds is 44. The first-order valence-electron chi connectivity index (χ1n) is 28.8. The van der Waals surface area contributed by atoms with Gasteiger partial charge in [0.15, 0.2) is 0 Å². The highest BCUT2D eigenvalue weighted by Gasteiger charge is 2.37. The molecule has 0 aromatic carbocycles. The number of carboxylic acid groups (broad SMARTS) is 3. The summed E-state index contributed by atoms with van der Waals surface area (Å²) in [7, 11) is 0. The van der Waals surface area contributed by atoms with E-state index >= 15 is 0 Å². The Morgan fingerprint density at radius 3 is 0.885 bits per heavy atom. The maximum absolute atomic E-state index is 14.2. The molecule has 0 saturated carbocycles. The first-order valence-corrected chi connectivity index (χ1v) is 28.8. The molecule has 0 fully saturated rings. The van der Waals surface area contributed by atoms with Gasteiger partial charge in [0.25, 0.3) is 0 Å². The summed E-state index contributed by atoms with van der Waals surface area (Å²) in [4.78, 5) is 196. The van der Waals surface area contributed by atoms with E-state index in [-0.39, 0.29) is 56.9 Å². The van der Waals surface area contributed by atoms with Crippen molar-refractivity contribution in [2.45, 2.75) is 212 Å². The summed E-state index contributed by atoms with van der Waals surface area (Å²) >= 11 is 0. The summed E-state index contributed by atoms with van der Waals surface area (Å²) < 4.78 is 0. The number of carbonyl (C=O) groups is 15. The molecule has 0 radical (unpaired) electrons. The van der Waals surface area contributed by atoms with Crippen molar-refractivity contribution < 1.29 is 92.3 Å². The fourth-order valence-corrected chi connectivity index (χ4v) is 8.39. The molecule has 0 aromatic rings. The second-order valence-electron chi connectivity index (χ2n) is 22.9. The minimum absolute atomic E-state index is 0.0462.